The molecule has 1 fully saturated rings. The van der Waals surface area contributed by atoms with E-state index in [1.54, 1.807) is 0 Å². The molecule has 0 N–H and O–H groups in total. The molecule has 0 aromatic carbocycles. The first kappa shape index (κ1) is 14.1. The molecule has 1 aromatic heterocycles. The van der Waals surface area contributed by atoms with Crippen LogP contribution < -0.4 is 0 Å². The zero-order valence-electron chi connectivity index (χ0n) is 12.4. The molecule has 0 spiro atoms. The number of hydrogen-bond acceptors (Lipinski definition) is 3. The molecule has 5 nitrogen and oxygen atoms in total. The maximum absolute atomic E-state index is 12.2. The average molecular weight is 264 g/mol. The molecule has 1 aromatic rings. The SMILES string of the molecule is Cc1nn(C)c(C)c1CCC(=O)N1CCN(C)CC1. The highest BCUT2D eigenvalue weighted by molar-refractivity contribution is 5.76. The standard InChI is InChI=1S/C14H24N4O/c1-11-13(12(2)17(4)15-11)5-6-14(19)18-9-7-16(3)8-10-18/h5-10H2,1-4H3. The second-order valence-corrected chi connectivity index (χ2v) is 5.46. The van der Waals surface area contributed by atoms with Crippen molar-refractivity contribution in [3.05, 3.63) is 17.0 Å². The van der Waals surface area contributed by atoms with Crippen LogP contribution in [0.25, 0.3) is 0 Å². The van der Waals surface area contributed by atoms with Crippen molar-refractivity contribution in [3.8, 4) is 0 Å². The van der Waals surface area contributed by atoms with Crippen LogP contribution in [0.4, 0.5) is 0 Å². The van der Waals surface area contributed by atoms with Crippen molar-refractivity contribution in [1.29, 1.82) is 0 Å². The molecule has 2 heterocycles. The Morgan fingerprint density at radius 2 is 1.79 bits per heavy atom. The molecule has 1 saturated heterocycles. The number of piperazine rings is 1. The topological polar surface area (TPSA) is 41.4 Å². The van der Waals surface area contributed by atoms with Gasteiger partial charge in [-0.15, -0.1) is 0 Å². The Hall–Kier alpha value is -1.36. The predicted molar refractivity (Wildman–Crippen MR) is 75.1 cm³/mol. The lowest BCUT2D eigenvalue weighted by Crippen LogP contribution is -2.47. The van der Waals surface area contributed by atoms with E-state index in [1.165, 1.54) is 11.3 Å². The van der Waals surface area contributed by atoms with Gasteiger partial charge in [0, 0.05) is 45.3 Å². The monoisotopic (exact) mass is 264 g/mol. The number of amides is 1. The molecule has 1 aliphatic heterocycles. The summed E-state index contributed by atoms with van der Waals surface area (Å²) in [5, 5.41) is 4.40. The molecule has 0 bridgehead atoms. The van der Waals surface area contributed by atoms with Crippen molar-refractivity contribution in [2.45, 2.75) is 26.7 Å². The maximum Gasteiger partial charge on any atom is 0.222 e. The molecule has 106 valence electrons. The van der Waals surface area contributed by atoms with E-state index in [9.17, 15) is 4.79 Å². The molecule has 0 radical (unpaired) electrons. The number of hydrogen-bond donors (Lipinski definition) is 0. The first-order chi connectivity index (χ1) is 8.99. The normalized spacial score (nSPS) is 16.9. The van der Waals surface area contributed by atoms with Crippen molar-refractivity contribution in [1.82, 2.24) is 19.6 Å². The first-order valence-corrected chi connectivity index (χ1v) is 6.94. The van der Waals surface area contributed by atoms with Gasteiger partial charge in [0.25, 0.3) is 0 Å². The number of likely N-dealkylation sites (N-methyl/N-ethyl adjacent to an activating group) is 1. The zero-order valence-corrected chi connectivity index (χ0v) is 12.4. The second-order valence-electron chi connectivity index (χ2n) is 5.46. The number of nitrogens with zero attached hydrogens (tertiary/aromatic N) is 4. The molecule has 2 rings (SSSR count). The van der Waals surface area contributed by atoms with Gasteiger partial charge in [0.2, 0.25) is 5.91 Å². The fourth-order valence-electron chi connectivity index (χ4n) is 2.63. The largest absolute Gasteiger partial charge is 0.340 e. The lowest BCUT2D eigenvalue weighted by molar-refractivity contribution is -0.132. The van der Waals surface area contributed by atoms with Gasteiger partial charge in [0.05, 0.1) is 5.69 Å². The van der Waals surface area contributed by atoms with E-state index in [1.807, 2.05) is 23.6 Å². The van der Waals surface area contributed by atoms with E-state index >= 15 is 0 Å². The fourth-order valence-corrected chi connectivity index (χ4v) is 2.63. The highest BCUT2D eigenvalue weighted by Crippen LogP contribution is 2.15. The van der Waals surface area contributed by atoms with E-state index in [-0.39, 0.29) is 5.91 Å². The fraction of sp³-hybridized carbons (Fsp3) is 0.714. The third-order valence-electron chi connectivity index (χ3n) is 4.10. The Kier molecular flexibility index (Phi) is 4.24. The minimum absolute atomic E-state index is 0.274. The van der Waals surface area contributed by atoms with Crippen LogP contribution in [0.3, 0.4) is 0 Å². The Balaban J connectivity index is 1.90. The summed E-state index contributed by atoms with van der Waals surface area (Å²) < 4.78 is 1.89. The molecular formula is C14H24N4O. The van der Waals surface area contributed by atoms with E-state index in [2.05, 4.69) is 24.0 Å². The van der Waals surface area contributed by atoms with E-state index < -0.39 is 0 Å². The van der Waals surface area contributed by atoms with Gasteiger partial charge in [-0.25, -0.2) is 0 Å². The molecule has 5 heteroatoms. The number of rotatable bonds is 3. The summed E-state index contributed by atoms with van der Waals surface area (Å²) in [5.74, 6) is 0.274. The summed E-state index contributed by atoms with van der Waals surface area (Å²) in [7, 11) is 4.05. The third-order valence-corrected chi connectivity index (χ3v) is 4.10. The van der Waals surface area contributed by atoms with Gasteiger partial charge in [-0.05, 0) is 32.9 Å². The van der Waals surface area contributed by atoms with Gasteiger partial charge in [-0.1, -0.05) is 0 Å². The highest BCUT2D eigenvalue weighted by Gasteiger charge is 2.19. The summed E-state index contributed by atoms with van der Waals surface area (Å²) in [6, 6.07) is 0. The minimum atomic E-state index is 0.274. The van der Waals surface area contributed by atoms with Gasteiger partial charge < -0.3 is 9.80 Å². The van der Waals surface area contributed by atoms with Gasteiger partial charge >= 0.3 is 0 Å². The first-order valence-electron chi connectivity index (χ1n) is 6.94. The van der Waals surface area contributed by atoms with Crippen molar-refractivity contribution in [2.75, 3.05) is 33.2 Å². The second kappa shape index (κ2) is 5.74. The van der Waals surface area contributed by atoms with Crippen LogP contribution in [0.15, 0.2) is 0 Å². The van der Waals surface area contributed by atoms with Crippen LogP contribution in [0.5, 0.6) is 0 Å². The van der Waals surface area contributed by atoms with Gasteiger partial charge in [0.1, 0.15) is 0 Å². The quantitative estimate of drug-likeness (QED) is 0.809. The molecule has 0 unspecified atom stereocenters. The molecular weight excluding hydrogens is 240 g/mol. The molecule has 0 aliphatic carbocycles. The maximum atomic E-state index is 12.2. The minimum Gasteiger partial charge on any atom is -0.340 e. The van der Waals surface area contributed by atoms with E-state index in [0.717, 1.165) is 38.3 Å². The molecule has 0 saturated carbocycles. The predicted octanol–water partition coefficient (Wildman–Crippen LogP) is 0.744. The van der Waals surface area contributed by atoms with Crippen molar-refractivity contribution in [3.63, 3.8) is 0 Å². The van der Waals surface area contributed by atoms with Gasteiger partial charge in [-0.2, -0.15) is 5.10 Å². The van der Waals surface area contributed by atoms with Crippen LogP contribution in [0.1, 0.15) is 23.4 Å². The lowest BCUT2D eigenvalue weighted by Gasteiger charge is -2.32. The van der Waals surface area contributed by atoms with Crippen LogP contribution in [0.2, 0.25) is 0 Å². The van der Waals surface area contributed by atoms with Crippen LogP contribution in [-0.4, -0.2) is 58.7 Å². The van der Waals surface area contributed by atoms with Crippen molar-refractivity contribution in [2.24, 2.45) is 7.05 Å². The Morgan fingerprint density at radius 3 is 2.32 bits per heavy atom. The van der Waals surface area contributed by atoms with Gasteiger partial charge in [-0.3, -0.25) is 9.48 Å². The van der Waals surface area contributed by atoms with Crippen LogP contribution >= 0.6 is 0 Å². The van der Waals surface area contributed by atoms with Crippen LogP contribution in [-0.2, 0) is 18.3 Å². The number of aromatic nitrogens is 2. The smallest absolute Gasteiger partial charge is 0.222 e. The number of aryl methyl sites for hydroxylation is 2. The van der Waals surface area contributed by atoms with E-state index in [4.69, 9.17) is 0 Å². The third kappa shape index (κ3) is 3.15. The zero-order chi connectivity index (χ0) is 14.0. The lowest BCUT2D eigenvalue weighted by atomic mass is 10.1. The van der Waals surface area contributed by atoms with Crippen molar-refractivity contribution < 1.29 is 4.79 Å². The summed E-state index contributed by atoms with van der Waals surface area (Å²) in [5.41, 5.74) is 3.44. The Morgan fingerprint density at radius 1 is 1.16 bits per heavy atom. The summed E-state index contributed by atoms with van der Waals surface area (Å²) in [4.78, 5) is 16.4. The van der Waals surface area contributed by atoms with Crippen molar-refractivity contribution >= 4 is 5.91 Å². The molecule has 1 amide bonds. The Labute approximate surface area is 115 Å². The average Bonchev–Trinajstić information content (AvgIpc) is 2.62. The number of carbonyl (C=O) groups is 1. The Bertz CT molecular complexity index is 458. The summed E-state index contributed by atoms with van der Waals surface area (Å²) in [6.45, 7) is 7.77. The summed E-state index contributed by atoms with van der Waals surface area (Å²) in [6.07, 6.45) is 1.40. The molecule has 1 aliphatic rings. The number of carbonyl (C=O) groups excluding carboxylic acids is 1. The molecule has 19 heavy (non-hydrogen) atoms. The summed E-state index contributed by atoms with van der Waals surface area (Å²) >= 11 is 0. The van der Waals surface area contributed by atoms with E-state index in [0.29, 0.717) is 6.42 Å². The van der Waals surface area contributed by atoms with Crippen LogP contribution in [0, 0.1) is 13.8 Å². The highest BCUT2D eigenvalue weighted by atomic mass is 16.2. The van der Waals surface area contributed by atoms with Gasteiger partial charge in [0.15, 0.2) is 0 Å². The molecule has 0 atom stereocenters.